The summed E-state index contributed by atoms with van der Waals surface area (Å²) in [6, 6.07) is 12.4. The van der Waals surface area contributed by atoms with Crippen LogP contribution in [0.3, 0.4) is 0 Å². The lowest BCUT2D eigenvalue weighted by Gasteiger charge is -2.08. The Morgan fingerprint density at radius 1 is 1.25 bits per heavy atom. The van der Waals surface area contributed by atoms with E-state index in [1.807, 2.05) is 31.2 Å². The molecule has 9 heteroatoms. The molecule has 144 valence electrons. The largest absolute Gasteiger partial charge is 0.465 e. The Labute approximate surface area is 170 Å². The van der Waals surface area contributed by atoms with Crippen molar-refractivity contribution in [3.05, 3.63) is 58.6 Å². The first-order valence-electron chi connectivity index (χ1n) is 8.26. The third-order valence-corrected chi connectivity index (χ3v) is 4.93. The van der Waals surface area contributed by atoms with Gasteiger partial charge in [0.1, 0.15) is 0 Å². The molecular formula is C19H17ClN4O3S. The highest BCUT2D eigenvalue weighted by molar-refractivity contribution is 7.99. The number of carbonyl (C=O) groups is 2. The number of anilines is 1. The summed E-state index contributed by atoms with van der Waals surface area (Å²) in [4.78, 5) is 28.2. The van der Waals surface area contributed by atoms with Gasteiger partial charge in [0, 0.05) is 5.56 Å². The molecule has 0 unspecified atom stereocenters. The number of hydrogen-bond donors (Lipinski definition) is 2. The zero-order valence-electron chi connectivity index (χ0n) is 15.2. The second-order valence-corrected chi connectivity index (χ2v) is 7.21. The lowest BCUT2D eigenvalue weighted by atomic mass is 10.1. The third kappa shape index (κ3) is 4.90. The topological polar surface area (TPSA) is 97.0 Å². The Kier molecular flexibility index (Phi) is 6.33. The minimum absolute atomic E-state index is 0.0872. The maximum absolute atomic E-state index is 12.2. The zero-order chi connectivity index (χ0) is 20.1. The van der Waals surface area contributed by atoms with Crippen LogP contribution >= 0.6 is 23.4 Å². The van der Waals surface area contributed by atoms with Crippen molar-refractivity contribution in [1.29, 1.82) is 0 Å². The zero-order valence-corrected chi connectivity index (χ0v) is 16.7. The average molecular weight is 417 g/mol. The molecule has 3 aromatic rings. The van der Waals surface area contributed by atoms with Crippen LogP contribution < -0.4 is 5.32 Å². The number of benzene rings is 2. The van der Waals surface area contributed by atoms with Crippen molar-refractivity contribution in [3.63, 3.8) is 0 Å². The van der Waals surface area contributed by atoms with Crippen LogP contribution in [0.2, 0.25) is 5.02 Å². The highest BCUT2D eigenvalue weighted by atomic mass is 35.5. The quantitative estimate of drug-likeness (QED) is 0.466. The van der Waals surface area contributed by atoms with Gasteiger partial charge in [-0.3, -0.25) is 9.89 Å². The highest BCUT2D eigenvalue weighted by Gasteiger charge is 2.13. The van der Waals surface area contributed by atoms with Crippen LogP contribution in [0.15, 0.2) is 47.6 Å². The first-order valence-corrected chi connectivity index (χ1v) is 9.62. The van der Waals surface area contributed by atoms with E-state index >= 15 is 0 Å². The summed E-state index contributed by atoms with van der Waals surface area (Å²) in [7, 11) is 1.29. The molecule has 3 rings (SSSR count). The van der Waals surface area contributed by atoms with Gasteiger partial charge in [0.25, 0.3) is 0 Å². The number of H-pyrrole nitrogens is 1. The first kappa shape index (κ1) is 19.9. The number of carbonyl (C=O) groups excluding carboxylic acids is 2. The molecule has 28 heavy (non-hydrogen) atoms. The summed E-state index contributed by atoms with van der Waals surface area (Å²) in [5, 5.41) is 10.5. The fourth-order valence-electron chi connectivity index (χ4n) is 2.41. The number of nitrogens with one attached hydrogen (secondary N) is 2. The summed E-state index contributed by atoms with van der Waals surface area (Å²) in [6.45, 7) is 2.00. The van der Waals surface area contributed by atoms with Gasteiger partial charge < -0.3 is 10.1 Å². The predicted octanol–water partition coefficient (Wildman–Crippen LogP) is 3.95. The molecule has 1 aromatic heterocycles. The Bertz CT molecular complexity index is 1020. The third-order valence-electron chi connectivity index (χ3n) is 3.75. The normalized spacial score (nSPS) is 10.5. The summed E-state index contributed by atoms with van der Waals surface area (Å²) < 4.78 is 4.67. The van der Waals surface area contributed by atoms with Gasteiger partial charge in [0.2, 0.25) is 11.1 Å². The molecule has 0 aliphatic heterocycles. The fourth-order valence-corrected chi connectivity index (χ4v) is 3.18. The Hall–Kier alpha value is -2.84. The van der Waals surface area contributed by atoms with Gasteiger partial charge in [-0.1, -0.05) is 47.1 Å². The van der Waals surface area contributed by atoms with Gasteiger partial charge in [-0.05, 0) is 31.2 Å². The Morgan fingerprint density at radius 2 is 2.07 bits per heavy atom. The molecule has 0 aliphatic carbocycles. The van der Waals surface area contributed by atoms with Crippen molar-refractivity contribution in [3.8, 4) is 11.4 Å². The van der Waals surface area contributed by atoms with Gasteiger partial charge >= 0.3 is 5.97 Å². The SMILES string of the molecule is COC(=O)c1ccc(Cl)c(NC(=O)CSc2n[nH]c(-c3cccc(C)c3)n2)c1. The van der Waals surface area contributed by atoms with Crippen LogP contribution in [0.4, 0.5) is 5.69 Å². The number of ether oxygens (including phenoxy) is 1. The van der Waals surface area contributed by atoms with Crippen LogP contribution in [-0.2, 0) is 9.53 Å². The number of aromatic amines is 1. The van der Waals surface area contributed by atoms with Gasteiger partial charge in [-0.15, -0.1) is 5.10 Å². The summed E-state index contributed by atoms with van der Waals surface area (Å²) in [5.74, 6) is -0.0774. The van der Waals surface area contributed by atoms with Crippen LogP contribution in [0.1, 0.15) is 15.9 Å². The number of rotatable bonds is 6. The van der Waals surface area contributed by atoms with Crippen molar-refractivity contribution < 1.29 is 14.3 Å². The molecule has 7 nitrogen and oxygen atoms in total. The van der Waals surface area contributed by atoms with E-state index in [0.717, 1.165) is 11.1 Å². The van der Waals surface area contributed by atoms with Gasteiger partial charge in [-0.2, -0.15) is 0 Å². The van der Waals surface area contributed by atoms with Crippen molar-refractivity contribution in [2.24, 2.45) is 0 Å². The lowest BCUT2D eigenvalue weighted by Crippen LogP contribution is -2.15. The van der Waals surface area contributed by atoms with E-state index in [1.54, 1.807) is 0 Å². The molecule has 1 heterocycles. The fraction of sp³-hybridized carbons (Fsp3) is 0.158. The number of esters is 1. The van der Waals surface area contributed by atoms with E-state index in [4.69, 9.17) is 11.6 Å². The number of amides is 1. The highest BCUT2D eigenvalue weighted by Crippen LogP contribution is 2.24. The minimum atomic E-state index is -0.508. The standard InChI is InChI=1S/C19H17ClN4O3S/c1-11-4-3-5-12(8-11)17-22-19(24-23-17)28-10-16(25)21-15-9-13(18(26)27-2)6-7-14(15)20/h3-9H,10H2,1-2H3,(H,21,25)(H,22,23,24). The molecular weight excluding hydrogens is 400 g/mol. The van der Waals surface area contributed by atoms with Crippen molar-refractivity contribution in [1.82, 2.24) is 15.2 Å². The molecule has 1 amide bonds. The van der Waals surface area contributed by atoms with Crippen LogP contribution in [-0.4, -0.2) is 39.9 Å². The number of aryl methyl sites for hydroxylation is 1. The number of thioether (sulfide) groups is 1. The van der Waals surface area contributed by atoms with Gasteiger partial charge in [0.05, 0.1) is 29.1 Å². The monoisotopic (exact) mass is 416 g/mol. The Morgan fingerprint density at radius 3 is 2.82 bits per heavy atom. The molecule has 0 atom stereocenters. The number of nitrogens with zero attached hydrogens (tertiary/aromatic N) is 2. The number of aromatic nitrogens is 3. The smallest absolute Gasteiger partial charge is 0.337 e. The number of hydrogen-bond acceptors (Lipinski definition) is 6. The molecule has 0 bridgehead atoms. The second kappa shape index (κ2) is 8.90. The number of halogens is 1. The second-order valence-electron chi connectivity index (χ2n) is 5.86. The minimum Gasteiger partial charge on any atom is -0.465 e. The van der Waals surface area contributed by atoms with Gasteiger partial charge in [-0.25, -0.2) is 9.78 Å². The van der Waals surface area contributed by atoms with Crippen molar-refractivity contribution >= 4 is 40.9 Å². The van der Waals surface area contributed by atoms with E-state index in [2.05, 4.69) is 25.2 Å². The summed E-state index contributed by atoms with van der Waals surface area (Å²) in [6.07, 6.45) is 0. The van der Waals surface area contributed by atoms with E-state index in [-0.39, 0.29) is 11.7 Å². The molecule has 0 radical (unpaired) electrons. The van der Waals surface area contributed by atoms with Crippen LogP contribution in [0.25, 0.3) is 11.4 Å². The first-order chi connectivity index (χ1) is 13.5. The van der Waals surface area contributed by atoms with Crippen molar-refractivity contribution in [2.45, 2.75) is 12.1 Å². The maximum atomic E-state index is 12.2. The predicted molar refractivity (Wildman–Crippen MR) is 109 cm³/mol. The molecule has 2 N–H and O–H groups in total. The maximum Gasteiger partial charge on any atom is 0.337 e. The molecule has 0 fully saturated rings. The molecule has 0 spiro atoms. The van der Waals surface area contributed by atoms with E-state index < -0.39 is 5.97 Å². The molecule has 2 aromatic carbocycles. The lowest BCUT2D eigenvalue weighted by molar-refractivity contribution is -0.113. The summed E-state index contributed by atoms with van der Waals surface area (Å²) in [5.41, 5.74) is 2.68. The molecule has 0 aliphatic rings. The molecule has 0 saturated carbocycles. The van der Waals surface area contributed by atoms with E-state index in [1.165, 1.54) is 37.1 Å². The molecule has 0 saturated heterocycles. The Balaban J connectivity index is 1.62. The van der Waals surface area contributed by atoms with Crippen LogP contribution in [0, 0.1) is 6.92 Å². The average Bonchev–Trinajstić information content (AvgIpc) is 3.16. The van der Waals surface area contributed by atoms with Crippen LogP contribution in [0.5, 0.6) is 0 Å². The van der Waals surface area contributed by atoms with E-state index in [0.29, 0.717) is 27.3 Å². The van der Waals surface area contributed by atoms with E-state index in [9.17, 15) is 9.59 Å². The van der Waals surface area contributed by atoms with Gasteiger partial charge in [0.15, 0.2) is 5.82 Å². The van der Waals surface area contributed by atoms with Crippen molar-refractivity contribution in [2.75, 3.05) is 18.2 Å². The summed E-state index contributed by atoms with van der Waals surface area (Å²) >= 11 is 7.27. The number of methoxy groups -OCH3 is 1.